The topological polar surface area (TPSA) is 203 Å². The predicted octanol–water partition coefficient (Wildman–Crippen LogP) is 1.19. The van der Waals surface area contributed by atoms with Gasteiger partial charge in [0.2, 0.25) is 5.88 Å². The first kappa shape index (κ1) is 32.4. The van der Waals surface area contributed by atoms with Crippen LogP contribution in [-0.4, -0.2) is 93.0 Å². The van der Waals surface area contributed by atoms with E-state index >= 15 is 0 Å². The van der Waals surface area contributed by atoms with Crippen molar-refractivity contribution in [3.8, 4) is 5.88 Å². The van der Waals surface area contributed by atoms with Crippen LogP contribution in [0.1, 0.15) is 31.5 Å². The number of hydrogen-bond donors (Lipinski definition) is 3. The lowest BCUT2D eigenvalue weighted by Crippen LogP contribution is -2.44. The molecule has 3 heterocycles. The lowest BCUT2D eigenvalue weighted by molar-refractivity contribution is -0.147. The lowest BCUT2D eigenvalue weighted by atomic mass is 9.96. The Morgan fingerprint density at radius 2 is 1.91 bits per heavy atom. The lowest BCUT2D eigenvalue weighted by Gasteiger charge is -2.27. The van der Waals surface area contributed by atoms with E-state index in [2.05, 4.69) is 20.0 Å². The standard InChI is InChI=1S/C26H34N5O11P/c1-5-38-19(32)11-28-43(36,41-14-20(33)39-12-17-9-7-6-8-10-17)40-13-18-22(34)26(3,35)25(42-18)31-15-27-21-23(31)29-16(2)30-24(21)37-4/h6-10,15,18,22,25,34-35H,5,11-14H2,1-4H3,(H,28,36)/t18-,22?,25-,26+,43?/m1/s1. The number of carbonyl (C=O) groups is 2. The molecule has 3 N–H and O–H groups in total. The first-order valence-corrected chi connectivity index (χ1v) is 14.8. The SMILES string of the molecule is CCOC(=O)CNP(=O)(OCC(=O)OCc1ccccc1)OC[C@H]1O[C@@H](n2cnc3c(OC)nc(C)nc32)[C@@](C)(O)C1O. The summed E-state index contributed by atoms with van der Waals surface area (Å²) in [4.78, 5) is 37.0. The highest BCUT2D eigenvalue weighted by atomic mass is 31.2. The summed E-state index contributed by atoms with van der Waals surface area (Å²) in [6, 6.07) is 8.89. The van der Waals surface area contributed by atoms with Gasteiger partial charge in [-0.1, -0.05) is 30.3 Å². The molecule has 0 aliphatic carbocycles. The number of aryl methyl sites for hydroxylation is 1. The van der Waals surface area contributed by atoms with Gasteiger partial charge in [0, 0.05) is 0 Å². The van der Waals surface area contributed by atoms with E-state index in [4.69, 9.17) is 28.0 Å². The Bertz CT molecular complexity index is 1470. The highest BCUT2D eigenvalue weighted by Gasteiger charge is 2.54. The Balaban J connectivity index is 1.45. The van der Waals surface area contributed by atoms with E-state index in [9.17, 15) is 24.4 Å². The van der Waals surface area contributed by atoms with Gasteiger partial charge in [-0.3, -0.25) is 18.4 Å². The number of aromatic nitrogens is 4. The van der Waals surface area contributed by atoms with Crippen molar-refractivity contribution in [2.24, 2.45) is 0 Å². The highest BCUT2D eigenvalue weighted by Crippen LogP contribution is 2.46. The van der Waals surface area contributed by atoms with Crippen LogP contribution in [0.5, 0.6) is 5.88 Å². The quantitative estimate of drug-likeness (QED) is 0.171. The molecule has 2 aromatic heterocycles. The molecule has 43 heavy (non-hydrogen) atoms. The third-order valence-corrected chi connectivity index (χ3v) is 7.93. The number of nitrogens with one attached hydrogen (secondary N) is 1. The van der Waals surface area contributed by atoms with Gasteiger partial charge in [-0.15, -0.1) is 0 Å². The van der Waals surface area contributed by atoms with Gasteiger partial charge >= 0.3 is 19.7 Å². The normalized spacial score (nSPS) is 23.2. The Hall–Kier alpha value is -3.50. The number of aliphatic hydroxyl groups excluding tert-OH is 1. The van der Waals surface area contributed by atoms with E-state index in [1.54, 1.807) is 38.1 Å². The van der Waals surface area contributed by atoms with Crippen LogP contribution in [-0.2, 0) is 44.0 Å². The van der Waals surface area contributed by atoms with Crippen molar-refractivity contribution < 1.29 is 52.4 Å². The van der Waals surface area contributed by atoms with Crippen LogP contribution in [0.2, 0.25) is 0 Å². The van der Waals surface area contributed by atoms with Crippen molar-refractivity contribution in [3.63, 3.8) is 0 Å². The summed E-state index contributed by atoms with van der Waals surface area (Å²) in [6.07, 6.45) is -2.64. The monoisotopic (exact) mass is 623 g/mol. The predicted molar refractivity (Wildman–Crippen MR) is 148 cm³/mol. The van der Waals surface area contributed by atoms with Gasteiger partial charge in [-0.05, 0) is 26.3 Å². The first-order valence-electron chi connectivity index (χ1n) is 13.3. The zero-order valence-electron chi connectivity index (χ0n) is 24.0. The van der Waals surface area contributed by atoms with E-state index < -0.39 is 63.5 Å². The molecule has 5 atom stereocenters. The molecule has 0 radical (unpaired) electrons. The molecule has 1 aliphatic rings. The Morgan fingerprint density at radius 3 is 2.60 bits per heavy atom. The largest absolute Gasteiger partial charge is 0.479 e. The van der Waals surface area contributed by atoms with Gasteiger partial charge in [0.25, 0.3) is 0 Å². The number of esters is 2. The number of hydrogen-bond acceptors (Lipinski definition) is 14. The molecule has 17 heteroatoms. The molecule has 1 saturated heterocycles. The fraction of sp³-hybridized carbons (Fsp3) is 0.500. The number of methoxy groups -OCH3 is 1. The van der Waals surface area contributed by atoms with Crippen molar-refractivity contribution in [3.05, 3.63) is 48.0 Å². The van der Waals surface area contributed by atoms with Gasteiger partial charge in [-0.25, -0.2) is 24.4 Å². The number of rotatable bonds is 14. The van der Waals surface area contributed by atoms with Crippen LogP contribution in [0.3, 0.4) is 0 Å². The van der Waals surface area contributed by atoms with Crippen LogP contribution in [0.15, 0.2) is 36.7 Å². The zero-order valence-corrected chi connectivity index (χ0v) is 24.9. The minimum absolute atomic E-state index is 0.0394. The molecular weight excluding hydrogens is 589 g/mol. The van der Waals surface area contributed by atoms with Crippen LogP contribution in [0.4, 0.5) is 0 Å². The summed E-state index contributed by atoms with van der Waals surface area (Å²) in [5.74, 6) is -1.00. The van der Waals surface area contributed by atoms with E-state index in [-0.39, 0.29) is 24.7 Å². The number of benzene rings is 1. The van der Waals surface area contributed by atoms with Crippen LogP contribution in [0, 0.1) is 6.92 Å². The van der Waals surface area contributed by atoms with Crippen LogP contribution < -0.4 is 9.82 Å². The van der Waals surface area contributed by atoms with Crippen molar-refractivity contribution in [2.75, 3.05) is 33.5 Å². The molecule has 0 amide bonds. The van der Waals surface area contributed by atoms with Gasteiger partial charge in [0.15, 0.2) is 24.0 Å². The van der Waals surface area contributed by atoms with Crippen molar-refractivity contribution in [2.45, 2.75) is 51.4 Å². The van der Waals surface area contributed by atoms with E-state index in [1.165, 1.54) is 24.9 Å². The number of fused-ring (bicyclic) bond motifs is 1. The molecule has 0 spiro atoms. The number of nitrogens with zero attached hydrogens (tertiary/aromatic N) is 4. The van der Waals surface area contributed by atoms with E-state index in [0.717, 1.165) is 5.56 Å². The third-order valence-electron chi connectivity index (χ3n) is 6.43. The summed E-state index contributed by atoms with van der Waals surface area (Å²) in [5, 5.41) is 24.5. The van der Waals surface area contributed by atoms with Crippen molar-refractivity contribution >= 4 is 30.8 Å². The minimum Gasteiger partial charge on any atom is -0.479 e. The smallest absolute Gasteiger partial charge is 0.406 e. The molecule has 1 aromatic carbocycles. The molecule has 4 rings (SSSR count). The van der Waals surface area contributed by atoms with Gasteiger partial charge in [0.1, 0.15) is 36.8 Å². The molecular formula is C26H34N5O11P. The third kappa shape index (κ3) is 7.72. The van der Waals surface area contributed by atoms with E-state index in [0.29, 0.717) is 11.3 Å². The molecule has 1 fully saturated rings. The van der Waals surface area contributed by atoms with E-state index in [1.807, 2.05) is 6.07 Å². The fourth-order valence-electron chi connectivity index (χ4n) is 4.28. The second-order valence-corrected chi connectivity index (χ2v) is 11.5. The van der Waals surface area contributed by atoms with Gasteiger partial charge in [0.05, 0.1) is 26.7 Å². The highest BCUT2D eigenvalue weighted by molar-refractivity contribution is 7.51. The number of aliphatic hydroxyl groups is 2. The number of ether oxygens (including phenoxy) is 4. The maximum Gasteiger partial charge on any atom is 0.406 e. The van der Waals surface area contributed by atoms with Crippen LogP contribution in [0.25, 0.3) is 11.2 Å². The minimum atomic E-state index is -4.38. The molecule has 3 aromatic rings. The number of imidazole rings is 1. The van der Waals surface area contributed by atoms with Crippen molar-refractivity contribution in [1.82, 2.24) is 24.6 Å². The zero-order chi connectivity index (χ0) is 31.2. The molecule has 234 valence electrons. The summed E-state index contributed by atoms with van der Waals surface area (Å²) in [5.41, 5.74) is -0.571. The molecule has 16 nitrogen and oxygen atoms in total. The summed E-state index contributed by atoms with van der Waals surface area (Å²) in [7, 11) is -2.95. The molecule has 1 aliphatic heterocycles. The fourth-order valence-corrected chi connectivity index (χ4v) is 5.48. The average molecular weight is 624 g/mol. The Morgan fingerprint density at radius 1 is 1.16 bits per heavy atom. The molecule has 2 unspecified atom stereocenters. The van der Waals surface area contributed by atoms with Gasteiger partial charge in [-0.2, -0.15) is 4.98 Å². The summed E-state index contributed by atoms with van der Waals surface area (Å²) in [6.45, 7) is 2.70. The Kier molecular flexibility index (Phi) is 10.4. The molecule has 0 saturated carbocycles. The maximum atomic E-state index is 13.5. The Labute approximate surface area is 246 Å². The molecule has 0 bridgehead atoms. The second kappa shape index (κ2) is 13.9. The van der Waals surface area contributed by atoms with Gasteiger partial charge < -0.3 is 29.2 Å². The summed E-state index contributed by atoms with van der Waals surface area (Å²) >= 11 is 0. The van der Waals surface area contributed by atoms with Crippen molar-refractivity contribution in [1.29, 1.82) is 0 Å². The average Bonchev–Trinajstić information content (AvgIpc) is 3.50. The van der Waals surface area contributed by atoms with Crippen LogP contribution >= 0.6 is 7.75 Å². The first-order chi connectivity index (χ1) is 20.5. The number of carbonyl (C=O) groups excluding carboxylic acids is 2. The second-order valence-electron chi connectivity index (χ2n) is 9.65. The summed E-state index contributed by atoms with van der Waals surface area (Å²) < 4.78 is 46.8. The maximum absolute atomic E-state index is 13.5.